The van der Waals surface area contributed by atoms with Crippen molar-refractivity contribution in [2.24, 2.45) is 0 Å². The van der Waals surface area contributed by atoms with E-state index in [1.807, 2.05) is 30.3 Å². The maximum absolute atomic E-state index is 6.18. The lowest BCUT2D eigenvalue weighted by atomic mass is 9.77. The molecule has 0 saturated carbocycles. The third-order valence-electron chi connectivity index (χ3n) is 4.84. The van der Waals surface area contributed by atoms with Gasteiger partial charge in [-0.2, -0.15) is 0 Å². The molecule has 0 bridgehead atoms. The molecule has 0 aromatic heterocycles. The van der Waals surface area contributed by atoms with Gasteiger partial charge in [0.25, 0.3) is 0 Å². The van der Waals surface area contributed by atoms with Gasteiger partial charge in [0.15, 0.2) is 0 Å². The quantitative estimate of drug-likeness (QED) is 0.810. The van der Waals surface area contributed by atoms with E-state index in [1.165, 1.54) is 0 Å². The second-order valence-electron chi connectivity index (χ2n) is 6.88. The number of methoxy groups -OCH3 is 1. The van der Waals surface area contributed by atoms with Crippen LogP contribution in [0.15, 0.2) is 48.5 Å². The van der Waals surface area contributed by atoms with Crippen molar-refractivity contribution >= 4 is 12.6 Å². The van der Waals surface area contributed by atoms with Gasteiger partial charge < -0.3 is 14.0 Å². The van der Waals surface area contributed by atoms with Crippen LogP contribution in [0, 0.1) is 0 Å². The first-order valence-electron chi connectivity index (χ1n) is 7.94. The first-order valence-corrected chi connectivity index (χ1v) is 7.94. The molecule has 3 nitrogen and oxygen atoms in total. The second kappa shape index (κ2) is 5.70. The Bertz CT molecular complexity index is 679. The summed E-state index contributed by atoms with van der Waals surface area (Å²) in [6, 6.07) is 16.3. The Morgan fingerprint density at radius 1 is 0.826 bits per heavy atom. The van der Waals surface area contributed by atoms with Crippen molar-refractivity contribution in [1.29, 1.82) is 0 Å². The van der Waals surface area contributed by atoms with E-state index in [4.69, 9.17) is 14.0 Å². The minimum absolute atomic E-state index is 0.370. The molecule has 3 rings (SSSR count). The number of para-hydroxylation sites is 1. The topological polar surface area (TPSA) is 27.7 Å². The number of hydrogen-bond acceptors (Lipinski definition) is 3. The molecule has 0 atom stereocenters. The van der Waals surface area contributed by atoms with Gasteiger partial charge in [-0.05, 0) is 33.3 Å². The second-order valence-corrected chi connectivity index (χ2v) is 6.88. The van der Waals surface area contributed by atoms with Gasteiger partial charge >= 0.3 is 7.12 Å². The zero-order valence-corrected chi connectivity index (χ0v) is 14.4. The molecule has 23 heavy (non-hydrogen) atoms. The van der Waals surface area contributed by atoms with Gasteiger partial charge in [-0.25, -0.2) is 0 Å². The van der Waals surface area contributed by atoms with Crippen LogP contribution in [0.2, 0.25) is 0 Å². The molecule has 1 heterocycles. The van der Waals surface area contributed by atoms with E-state index in [0.717, 1.165) is 22.3 Å². The Morgan fingerprint density at radius 2 is 1.43 bits per heavy atom. The van der Waals surface area contributed by atoms with Gasteiger partial charge in [0, 0.05) is 11.0 Å². The third-order valence-corrected chi connectivity index (χ3v) is 4.84. The predicted molar refractivity (Wildman–Crippen MR) is 94.1 cm³/mol. The van der Waals surface area contributed by atoms with Crippen LogP contribution in [0.4, 0.5) is 0 Å². The summed E-state index contributed by atoms with van der Waals surface area (Å²) in [6.45, 7) is 8.22. The highest BCUT2D eigenvalue weighted by molar-refractivity contribution is 6.63. The van der Waals surface area contributed by atoms with Crippen LogP contribution < -0.4 is 10.2 Å². The molecule has 4 heteroatoms. The van der Waals surface area contributed by atoms with E-state index in [9.17, 15) is 0 Å². The van der Waals surface area contributed by atoms with Crippen LogP contribution in [0.5, 0.6) is 5.75 Å². The van der Waals surface area contributed by atoms with Gasteiger partial charge in [0.1, 0.15) is 5.75 Å². The summed E-state index contributed by atoms with van der Waals surface area (Å²) in [7, 11) is 1.26. The SMILES string of the molecule is COc1c(B2OC(C)(C)C(C)(C)O2)cccc1-c1ccccc1. The Kier molecular flexibility index (Phi) is 3.99. The zero-order chi connectivity index (χ0) is 16.7. The van der Waals surface area contributed by atoms with Crippen molar-refractivity contribution in [3.63, 3.8) is 0 Å². The van der Waals surface area contributed by atoms with Gasteiger partial charge in [0.2, 0.25) is 0 Å². The molecular weight excluding hydrogens is 287 g/mol. The van der Waals surface area contributed by atoms with Crippen LogP contribution in [-0.4, -0.2) is 25.4 Å². The van der Waals surface area contributed by atoms with Gasteiger partial charge in [-0.3, -0.25) is 0 Å². The van der Waals surface area contributed by atoms with Gasteiger partial charge in [-0.15, -0.1) is 0 Å². The lowest BCUT2D eigenvalue weighted by molar-refractivity contribution is 0.00578. The minimum Gasteiger partial charge on any atom is -0.496 e. The molecule has 0 spiro atoms. The summed E-state index contributed by atoms with van der Waals surface area (Å²) in [6.07, 6.45) is 0. The number of benzene rings is 2. The molecule has 0 amide bonds. The van der Waals surface area contributed by atoms with E-state index in [0.29, 0.717) is 0 Å². The third kappa shape index (κ3) is 2.77. The molecule has 1 fully saturated rings. The van der Waals surface area contributed by atoms with Crippen LogP contribution in [0.25, 0.3) is 11.1 Å². The van der Waals surface area contributed by atoms with Crippen LogP contribution in [0.1, 0.15) is 27.7 Å². The fourth-order valence-electron chi connectivity index (χ4n) is 2.78. The highest BCUT2D eigenvalue weighted by Crippen LogP contribution is 2.38. The molecule has 0 aliphatic carbocycles. The Labute approximate surface area is 138 Å². The number of hydrogen-bond donors (Lipinski definition) is 0. The van der Waals surface area contributed by atoms with E-state index >= 15 is 0 Å². The lowest BCUT2D eigenvalue weighted by Crippen LogP contribution is -2.41. The highest BCUT2D eigenvalue weighted by Gasteiger charge is 2.52. The van der Waals surface area contributed by atoms with Crippen molar-refractivity contribution in [3.8, 4) is 16.9 Å². The maximum atomic E-state index is 6.18. The molecule has 1 saturated heterocycles. The first-order chi connectivity index (χ1) is 10.9. The monoisotopic (exact) mass is 310 g/mol. The zero-order valence-electron chi connectivity index (χ0n) is 14.4. The lowest BCUT2D eigenvalue weighted by Gasteiger charge is -2.32. The molecular formula is C19H23BO3. The largest absolute Gasteiger partial charge is 0.498 e. The molecule has 2 aromatic carbocycles. The minimum atomic E-state index is -0.432. The van der Waals surface area contributed by atoms with E-state index in [1.54, 1.807) is 7.11 Å². The predicted octanol–water partition coefficient (Wildman–Crippen LogP) is 3.66. The standard InChI is InChI=1S/C19H23BO3/c1-18(2)19(3,4)23-20(22-18)16-13-9-12-15(17(16)21-5)14-10-7-6-8-11-14/h6-13H,1-5H3. The number of ether oxygens (including phenoxy) is 1. The summed E-state index contributed by atoms with van der Waals surface area (Å²) < 4.78 is 18.1. The average molecular weight is 310 g/mol. The van der Waals surface area contributed by atoms with E-state index < -0.39 is 7.12 Å². The Balaban J connectivity index is 2.05. The average Bonchev–Trinajstić information content (AvgIpc) is 2.75. The van der Waals surface area contributed by atoms with Crippen LogP contribution in [0.3, 0.4) is 0 Å². The summed E-state index contributed by atoms with van der Waals surface area (Å²) in [5, 5.41) is 0. The normalized spacial score (nSPS) is 18.9. The molecule has 1 aliphatic rings. The van der Waals surface area contributed by atoms with Crippen molar-refractivity contribution in [1.82, 2.24) is 0 Å². The molecule has 0 radical (unpaired) electrons. The van der Waals surface area contributed by atoms with Gasteiger partial charge in [-0.1, -0.05) is 48.5 Å². The molecule has 0 unspecified atom stereocenters. The fourth-order valence-corrected chi connectivity index (χ4v) is 2.78. The van der Waals surface area contributed by atoms with E-state index in [2.05, 4.69) is 45.9 Å². The van der Waals surface area contributed by atoms with Crippen molar-refractivity contribution < 1.29 is 14.0 Å². The van der Waals surface area contributed by atoms with Crippen molar-refractivity contribution in [3.05, 3.63) is 48.5 Å². The molecule has 0 N–H and O–H groups in total. The molecule has 120 valence electrons. The van der Waals surface area contributed by atoms with E-state index in [-0.39, 0.29) is 11.2 Å². The first kappa shape index (κ1) is 16.1. The smallest absolute Gasteiger partial charge is 0.496 e. The Hall–Kier alpha value is -1.78. The molecule has 2 aromatic rings. The van der Waals surface area contributed by atoms with Crippen molar-refractivity contribution in [2.75, 3.05) is 7.11 Å². The summed E-state index contributed by atoms with van der Waals surface area (Å²) in [5.74, 6) is 0.803. The number of rotatable bonds is 3. The highest BCUT2D eigenvalue weighted by atomic mass is 16.7. The molecule has 1 aliphatic heterocycles. The summed E-state index contributed by atoms with van der Waals surface area (Å²) in [4.78, 5) is 0. The fraction of sp³-hybridized carbons (Fsp3) is 0.368. The Morgan fingerprint density at radius 3 is 2.00 bits per heavy atom. The maximum Gasteiger partial charge on any atom is 0.498 e. The van der Waals surface area contributed by atoms with Crippen LogP contribution >= 0.6 is 0 Å². The summed E-state index contributed by atoms with van der Waals surface area (Å²) in [5.41, 5.74) is 2.34. The van der Waals surface area contributed by atoms with Gasteiger partial charge in [0.05, 0.1) is 18.3 Å². The van der Waals surface area contributed by atoms with Crippen molar-refractivity contribution in [2.45, 2.75) is 38.9 Å². The van der Waals surface area contributed by atoms with Crippen LogP contribution in [-0.2, 0) is 9.31 Å². The summed E-state index contributed by atoms with van der Waals surface area (Å²) >= 11 is 0.